The van der Waals surface area contributed by atoms with E-state index in [1.165, 1.54) is 37.7 Å². The van der Waals surface area contributed by atoms with Crippen molar-refractivity contribution in [3.05, 3.63) is 74.6 Å². The third-order valence-corrected chi connectivity index (χ3v) is 7.61. The van der Waals surface area contributed by atoms with Crippen molar-refractivity contribution < 1.29 is 33.4 Å². The summed E-state index contributed by atoms with van der Waals surface area (Å²) in [5.74, 6) is -2.73. The highest BCUT2D eigenvalue weighted by Gasteiger charge is 2.28. The molecule has 0 radical (unpaired) electrons. The Hall–Kier alpha value is -4.22. The van der Waals surface area contributed by atoms with Crippen LogP contribution in [-0.2, 0) is 27.2 Å². The van der Waals surface area contributed by atoms with Crippen LogP contribution in [0.4, 0.5) is 5.00 Å². The van der Waals surface area contributed by atoms with Gasteiger partial charge in [-0.25, -0.2) is 15.0 Å². The smallest absolute Gasteiger partial charge is 0.343 e. The Bertz CT molecular complexity index is 1520. The van der Waals surface area contributed by atoms with Gasteiger partial charge in [0, 0.05) is 15.5 Å². The van der Waals surface area contributed by atoms with E-state index in [2.05, 4.69) is 15.8 Å². The number of nitrogens with zero attached hydrogens (tertiary/aromatic N) is 1. The molecule has 0 aliphatic heterocycles. The number of amides is 2. The monoisotopic (exact) mass is 583 g/mol. The zero-order valence-corrected chi connectivity index (χ0v) is 23.5. The SMILES string of the molecule is COC(=O)c1c(NC(=O)C(=O)NN=C(C)c2ccc(OC(=O)c3cccc(Cl)c3)c(OC)c2)sc2c1CCCC2. The number of ether oxygens (including phenoxy) is 3. The number of nitrogens with one attached hydrogen (secondary N) is 2. The Labute approximate surface area is 239 Å². The predicted octanol–water partition coefficient (Wildman–Crippen LogP) is 4.77. The van der Waals surface area contributed by atoms with Crippen LogP contribution < -0.4 is 20.2 Å². The number of hydrazone groups is 1. The van der Waals surface area contributed by atoms with Crippen molar-refractivity contribution in [3.63, 3.8) is 0 Å². The molecule has 4 rings (SSSR count). The number of carbonyl (C=O) groups is 4. The van der Waals surface area contributed by atoms with Crippen LogP contribution in [0.5, 0.6) is 11.5 Å². The molecule has 0 atom stereocenters. The van der Waals surface area contributed by atoms with E-state index in [-0.39, 0.29) is 22.1 Å². The van der Waals surface area contributed by atoms with Crippen molar-refractivity contribution in [2.75, 3.05) is 19.5 Å². The standard InChI is InChI=1S/C28H26ClN3O7S/c1-15(16-11-12-20(21(14-16)37-2)39-27(35)17-7-6-8-18(29)13-17)31-32-25(34)24(33)30-26-23(28(36)38-3)19-9-4-5-10-22(19)40-26/h6-8,11-14H,4-5,9-10H2,1-3H3,(H,30,33)(H,32,34). The maximum Gasteiger partial charge on any atom is 0.343 e. The molecule has 1 aromatic heterocycles. The topological polar surface area (TPSA) is 132 Å². The van der Waals surface area contributed by atoms with E-state index in [9.17, 15) is 19.2 Å². The zero-order chi connectivity index (χ0) is 28.8. The quantitative estimate of drug-likeness (QED) is 0.135. The maximum atomic E-state index is 12.6. The summed E-state index contributed by atoms with van der Waals surface area (Å²) in [7, 11) is 2.69. The predicted molar refractivity (Wildman–Crippen MR) is 151 cm³/mol. The van der Waals surface area contributed by atoms with Crippen LogP contribution in [0, 0.1) is 0 Å². The summed E-state index contributed by atoms with van der Waals surface area (Å²) in [6.07, 6.45) is 3.44. The molecule has 1 aliphatic carbocycles. The number of hydrogen-bond acceptors (Lipinski definition) is 9. The van der Waals surface area contributed by atoms with Gasteiger partial charge >= 0.3 is 23.8 Å². The number of esters is 2. The third kappa shape index (κ3) is 6.49. The Balaban J connectivity index is 1.43. The summed E-state index contributed by atoms with van der Waals surface area (Å²) in [5, 5.41) is 7.22. The summed E-state index contributed by atoms with van der Waals surface area (Å²) >= 11 is 7.22. The normalized spacial score (nSPS) is 12.7. The fourth-order valence-electron chi connectivity index (χ4n) is 4.13. The van der Waals surface area contributed by atoms with Gasteiger partial charge in [-0.1, -0.05) is 17.7 Å². The van der Waals surface area contributed by atoms with Gasteiger partial charge in [0.1, 0.15) is 5.00 Å². The summed E-state index contributed by atoms with van der Waals surface area (Å²) in [5.41, 5.74) is 4.56. The number of anilines is 1. The molecule has 40 heavy (non-hydrogen) atoms. The Morgan fingerprint density at radius 1 is 0.925 bits per heavy atom. The summed E-state index contributed by atoms with van der Waals surface area (Å²) in [6, 6.07) is 11.1. The van der Waals surface area contributed by atoms with Gasteiger partial charge in [-0.2, -0.15) is 5.10 Å². The van der Waals surface area contributed by atoms with E-state index in [0.717, 1.165) is 29.7 Å². The molecule has 0 unspecified atom stereocenters. The van der Waals surface area contributed by atoms with E-state index in [1.807, 2.05) is 0 Å². The minimum atomic E-state index is -1.01. The van der Waals surface area contributed by atoms with Crippen LogP contribution in [0.2, 0.25) is 5.02 Å². The molecule has 0 bridgehead atoms. The molecule has 1 heterocycles. The summed E-state index contributed by atoms with van der Waals surface area (Å²) in [6.45, 7) is 1.62. The first-order chi connectivity index (χ1) is 19.2. The second-order valence-electron chi connectivity index (χ2n) is 8.76. The molecule has 0 saturated carbocycles. The van der Waals surface area contributed by atoms with E-state index >= 15 is 0 Å². The van der Waals surface area contributed by atoms with Crippen molar-refractivity contribution in [3.8, 4) is 11.5 Å². The Morgan fingerprint density at radius 2 is 1.70 bits per heavy atom. The van der Waals surface area contributed by atoms with Gasteiger partial charge in [-0.3, -0.25) is 9.59 Å². The number of hydrogen-bond donors (Lipinski definition) is 2. The molecule has 0 fully saturated rings. The molecule has 0 spiro atoms. The van der Waals surface area contributed by atoms with Gasteiger partial charge in [0.15, 0.2) is 11.5 Å². The number of fused-ring (bicyclic) bond motifs is 1. The molecule has 2 N–H and O–H groups in total. The number of halogens is 1. The first kappa shape index (κ1) is 28.8. The van der Waals surface area contributed by atoms with E-state index in [0.29, 0.717) is 28.3 Å². The van der Waals surface area contributed by atoms with Crippen LogP contribution >= 0.6 is 22.9 Å². The van der Waals surface area contributed by atoms with Gasteiger partial charge in [-0.15, -0.1) is 11.3 Å². The van der Waals surface area contributed by atoms with Gasteiger partial charge in [0.05, 0.1) is 31.1 Å². The lowest BCUT2D eigenvalue weighted by Gasteiger charge is -2.12. The second kappa shape index (κ2) is 12.8. The van der Waals surface area contributed by atoms with Crippen LogP contribution in [0.15, 0.2) is 47.6 Å². The number of methoxy groups -OCH3 is 2. The highest BCUT2D eigenvalue weighted by molar-refractivity contribution is 7.17. The molecule has 10 nitrogen and oxygen atoms in total. The highest BCUT2D eigenvalue weighted by atomic mass is 35.5. The Morgan fingerprint density at radius 3 is 2.42 bits per heavy atom. The minimum absolute atomic E-state index is 0.174. The van der Waals surface area contributed by atoms with Crippen LogP contribution in [0.25, 0.3) is 0 Å². The van der Waals surface area contributed by atoms with E-state index in [1.54, 1.807) is 37.3 Å². The molecule has 0 saturated heterocycles. The molecule has 208 valence electrons. The number of aryl methyl sites for hydroxylation is 1. The number of benzene rings is 2. The number of thiophene rings is 1. The lowest BCUT2D eigenvalue weighted by Crippen LogP contribution is -2.33. The van der Waals surface area contributed by atoms with Crippen molar-refractivity contribution >= 4 is 57.4 Å². The highest BCUT2D eigenvalue weighted by Crippen LogP contribution is 2.38. The minimum Gasteiger partial charge on any atom is -0.493 e. The van der Waals surface area contributed by atoms with Crippen LogP contribution in [0.3, 0.4) is 0 Å². The van der Waals surface area contributed by atoms with Gasteiger partial charge in [-0.05, 0) is 74.6 Å². The fourth-order valence-corrected chi connectivity index (χ4v) is 5.60. The summed E-state index contributed by atoms with van der Waals surface area (Å²) in [4.78, 5) is 51.0. The average molecular weight is 584 g/mol. The molecule has 12 heteroatoms. The van der Waals surface area contributed by atoms with Gasteiger partial charge in [0.2, 0.25) is 0 Å². The van der Waals surface area contributed by atoms with Crippen molar-refractivity contribution in [2.45, 2.75) is 32.6 Å². The molecule has 2 amide bonds. The fraction of sp³-hybridized carbons (Fsp3) is 0.250. The van der Waals surface area contributed by atoms with Crippen molar-refractivity contribution in [1.29, 1.82) is 0 Å². The number of rotatable bonds is 7. The third-order valence-electron chi connectivity index (χ3n) is 6.16. The van der Waals surface area contributed by atoms with E-state index in [4.69, 9.17) is 25.8 Å². The lowest BCUT2D eigenvalue weighted by atomic mass is 9.95. The van der Waals surface area contributed by atoms with Crippen LogP contribution in [-0.4, -0.2) is 43.7 Å². The average Bonchev–Trinajstić information content (AvgIpc) is 3.33. The van der Waals surface area contributed by atoms with E-state index < -0.39 is 23.8 Å². The van der Waals surface area contributed by atoms with Gasteiger partial charge in [0.25, 0.3) is 0 Å². The van der Waals surface area contributed by atoms with Crippen molar-refractivity contribution in [2.24, 2.45) is 5.10 Å². The molecule has 2 aromatic carbocycles. The summed E-state index contributed by atoms with van der Waals surface area (Å²) < 4.78 is 15.7. The molecular formula is C28H26ClN3O7S. The maximum absolute atomic E-state index is 12.6. The number of carbonyl (C=O) groups excluding carboxylic acids is 4. The molecular weight excluding hydrogens is 558 g/mol. The first-order valence-corrected chi connectivity index (χ1v) is 13.5. The first-order valence-electron chi connectivity index (χ1n) is 12.3. The van der Waals surface area contributed by atoms with Crippen LogP contribution in [0.1, 0.15) is 56.5 Å². The molecule has 3 aromatic rings. The zero-order valence-electron chi connectivity index (χ0n) is 22.0. The second-order valence-corrected chi connectivity index (χ2v) is 10.3. The largest absolute Gasteiger partial charge is 0.493 e. The lowest BCUT2D eigenvalue weighted by molar-refractivity contribution is -0.136. The van der Waals surface area contributed by atoms with Gasteiger partial charge < -0.3 is 19.5 Å². The Kier molecular flexibility index (Phi) is 9.18. The molecule has 1 aliphatic rings. The van der Waals surface area contributed by atoms with Crippen molar-refractivity contribution in [1.82, 2.24) is 5.43 Å².